The van der Waals surface area contributed by atoms with Crippen LogP contribution in [0.15, 0.2) is 28.6 Å². The van der Waals surface area contributed by atoms with Crippen LogP contribution in [0.1, 0.15) is 16.7 Å². The number of hydrogen-bond acceptors (Lipinski definition) is 5. The number of aliphatic imine (C=N–C) groups is 1. The largest absolute Gasteiger partial charge is 0.385 e. The summed E-state index contributed by atoms with van der Waals surface area (Å²) in [6.45, 7) is 0.732. The predicted molar refractivity (Wildman–Crippen MR) is 73.0 cm³/mol. The summed E-state index contributed by atoms with van der Waals surface area (Å²) in [6, 6.07) is 5.86. The van der Waals surface area contributed by atoms with Crippen LogP contribution >= 0.6 is 11.3 Å². The molecule has 0 spiro atoms. The van der Waals surface area contributed by atoms with Crippen LogP contribution in [0.25, 0.3) is 0 Å². The first kappa shape index (κ1) is 11.3. The van der Waals surface area contributed by atoms with Gasteiger partial charge in [-0.15, -0.1) is 11.3 Å². The van der Waals surface area contributed by atoms with Gasteiger partial charge in [-0.25, -0.2) is 4.99 Å². The lowest BCUT2D eigenvalue weighted by atomic mass is 10.2. The molecule has 1 aliphatic rings. The predicted octanol–water partition coefficient (Wildman–Crippen LogP) is 1.87. The SMILES string of the molecule is Nc1cc2c([nH]1)N=CN(CCc1cccs1)C2O. The quantitative estimate of drug-likeness (QED) is 0.790. The lowest BCUT2D eigenvalue weighted by molar-refractivity contribution is 0.0553. The Morgan fingerprint density at radius 1 is 1.56 bits per heavy atom. The number of rotatable bonds is 3. The molecule has 0 amide bonds. The number of nitrogens with one attached hydrogen (secondary N) is 1. The van der Waals surface area contributed by atoms with E-state index in [0.717, 1.165) is 18.5 Å². The number of hydrogen-bond donors (Lipinski definition) is 3. The van der Waals surface area contributed by atoms with Crippen LogP contribution < -0.4 is 5.73 Å². The van der Waals surface area contributed by atoms with Crippen molar-refractivity contribution in [3.05, 3.63) is 34.0 Å². The number of thiophene rings is 1. The molecule has 1 aliphatic heterocycles. The average molecular weight is 262 g/mol. The van der Waals surface area contributed by atoms with Crippen molar-refractivity contribution in [2.24, 2.45) is 4.99 Å². The number of aliphatic hydroxyl groups is 1. The lowest BCUT2D eigenvalue weighted by Crippen LogP contribution is -2.31. The summed E-state index contributed by atoms with van der Waals surface area (Å²) in [6.07, 6.45) is 1.89. The molecule has 18 heavy (non-hydrogen) atoms. The summed E-state index contributed by atoms with van der Waals surface area (Å²) in [7, 11) is 0. The van der Waals surface area contributed by atoms with Crippen molar-refractivity contribution in [3.63, 3.8) is 0 Å². The van der Waals surface area contributed by atoms with E-state index in [1.807, 2.05) is 11.0 Å². The minimum Gasteiger partial charge on any atom is -0.385 e. The summed E-state index contributed by atoms with van der Waals surface area (Å²) in [4.78, 5) is 10.3. The van der Waals surface area contributed by atoms with E-state index < -0.39 is 6.23 Å². The fourth-order valence-corrected chi connectivity index (χ4v) is 2.73. The van der Waals surface area contributed by atoms with Crippen molar-refractivity contribution in [2.45, 2.75) is 12.6 Å². The summed E-state index contributed by atoms with van der Waals surface area (Å²) >= 11 is 1.72. The van der Waals surface area contributed by atoms with Gasteiger partial charge in [-0.05, 0) is 23.9 Å². The maximum absolute atomic E-state index is 10.2. The second-order valence-corrected chi connectivity index (χ2v) is 5.25. The zero-order chi connectivity index (χ0) is 12.5. The van der Waals surface area contributed by atoms with Gasteiger partial charge in [0.15, 0.2) is 6.23 Å². The van der Waals surface area contributed by atoms with Crippen LogP contribution in [0.4, 0.5) is 11.6 Å². The van der Waals surface area contributed by atoms with Crippen molar-refractivity contribution < 1.29 is 5.11 Å². The van der Waals surface area contributed by atoms with Gasteiger partial charge in [0.2, 0.25) is 0 Å². The maximum Gasteiger partial charge on any atom is 0.157 e. The van der Waals surface area contributed by atoms with Crippen molar-refractivity contribution in [1.29, 1.82) is 0 Å². The van der Waals surface area contributed by atoms with E-state index >= 15 is 0 Å². The van der Waals surface area contributed by atoms with Gasteiger partial charge >= 0.3 is 0 Å². The molecule has 2 aromatic rings. The Hall–Kier alpha value is -1.79. The topological polar surface area (TPSA) is 77.6 Å². The molecule has 2 aromatic heterocycles. The molecule has 0 saturated heterocycles. The summed E-state index contributed by atoms with van der Waals surface area (Å²) in [5.41, 5.74) is 6.40. The molecule has 3 rings (SSSR count). The van der Waals surface area contributed by atoms with E-state index in [-0.39, 0.29) is 0 Å². The number of aromatic nitrogens is 1. The molecule has 1 unspecified atom stereocenters. The van der Waals surface area contributed by atoms with Crippen LogP contribution in [0.5, 0.6) is 0 Å². The molecule has 1 atom stereocenters. The summed E-state index contributed by atoms with van der Waals surface area (Å²) < 4.78 is 0. The van der Waals surface area contributed by atoms with Gasteiger partial charge in [0.25, 0.3) is 0 Å². The maximum atomic E-state index is 10.2. The van der Waals surface area contributed by atoms with Gasteiger partial charge in [0.05, 0.1) is 6.34 Å². The van der Waals surface area contributed by atoms with Gasteiger partial charge in [-0.3, -0.25) is 0 Å². The molecule has 5 nitrogen and oxygen atoms in total. The highest BCUT2D eigenvalue weighted by Gasteiger charge is 2.23. The van der Waals surface area contributed by atoms with E-state index in [2.05, 4.69) is 21.4 Å². The number of aromatic amines is 1. The molecule has 0 fully saturated rings. The molecule has 94 valence electrons. The monoisotopic (exact) mass is 262 g/mol. The number of fused-ring (bicyclic) bond motifs is 1. The second-order valence-electron chi connectivity index (χ2n) is 4.21. The molecule has 0 saturated carbocycles. The van der Waals surface area contributed by atoms with Crippen LogP contribution in [0.2, 0.25) is 0 Å². The minimum atomic E-state index is -0.675. The molecule has 0 aliphatic carbocycles. The number of aliphatic hydroxyl groups excluding tert-OH is 1. The Morgan fingerprint density at radius 3 is 3.22 bits per heavy atom. The average Bonchev–Trinajstić information content (AvgIpc) is 2.97. The van der Waals surface area contributed by atoms with Crippen LogP contribution in [0.3, 0.4) is 0 Å². The third-order valence-electron chi connectivity index (χ3n) is 2.97. The van der Waals surface area contributed by atoms with E-state index in [0.29, 0.717) is 11.6 Å². The van der Waals surface area contributed by atoms with Crippen LogP contribution in [-0.2, 0) is 6.42 Å². The van der Waals surface area contributed by atoms with E-state index in [4.69, 9.17) is 5.73 Å². The highest BCUT2D eigenvalue weighted by atomic mass is 32.1. The van der Waals surface area contributed by atoms with Crippen LogP contribution in [-0.4, -0.2) is 27.9 Å². The normalized spacial score (nSPS) is 18.1. The van der Waals surface area contributed by atoms with Gasteiger partial charge < -0.3 is 20.7 Å². The first-order chi connectivity index (χ1) is 8.74. The minimum absolute atomic E-state index is 0.524. The van der Waals surface area contributed by atoms with Crippen molar-refractivity contribution in [1.82, 2.24) is 9.88 Å². The fraction of sp³-hybridized carbons (Fsp3) is 0.250. The molecule has 6 heteroatoms. The third kappa shape index (κ3) is 2.00. The smallest absolute Gasteiger partial charge is 0.157 e. The van der Waals surface area contributed by atoms with E-state index in [1.54, 1.807) is 23.7 Å². The van der Waals surface area contributed by atoms with Gasteiger partial charge in [0.1, 0.15) is 11.6 Å². The zero-order valence-corrected chi connectivity index (χ0v) is 10.5. The lowest BCUT2D eigenvalue weighted by Gasteiger charge is -2.28. The standard InChI is InChI=1S/C12H14N4OS/c13-10-6-9-11(15-10)14-7-16(12(9)17)4-3-8-2-1-5-18-8/h1-2,5-7,12,15,17H,3-4,13H2. The third-order valence-corrected chi connectivity index (χ3v) is 3.91. The van der Waals surface area contributed by atoms with Crippen molar-refractivity contribution in [2.75, 3.05) is 12.3 Å². The highest BCUT2D eigenvalue weighted by Crippen LogP contribution is 2.32. The van der Waals surface area contributed by atoms with Gasteiger partial charge in [-0.1, -0.05) is 6.07 Å². The summed E-state index contributed by atoms with van der Waals surface area (Å²) in [5.74, 6) is 1.17. The number of anilines is 1. The molecular weight excluding hydrogens is 248 g/mol. The number of H-pyrrole nitrogens is 1. The Bertz CT molecular complexity index is 561. The Morgan fingerprint density at radius 2 is 2.44 bits per heavy atom. The number of nitrogen functional groups attached to an aromatic ring is 1. The number of nitrogens with two attached hydrogens (primary N) is 1. The van der Waals surface area contributed by atoms with Gasteiger partial charge in [-0.2, -0.15) is 0 Å². The molecule has 0 bridgehead atoms. The molecule has 4 N–H and O–H groups in total. The zero-order valence-electron chi connectivity index (χ0n) is 9.71. The summed E-state index contributed by atoms with van der Waals surface area (Å²) in [5, 5.41) is 12.3. The second kappa shape index (κ2) is 4.47. The molecule has 0 aromatic carbocycles. The number of nitrogens with zero attached hydrogens (tertiary/aromatic N) is 2. The van der Waals surface area contributed by atoms with Crippen LogP contribution in [0, 0.1) is 0 Å². The molecule has 0 radical (unpaired) electrons. The van der Waals surface area contributed by atoms with Crippen molar-refractivity contribution >= 4 is 29.3 Å². The first-order valence-electron chi connectivity index (χ1n) is 5.73. The molecule has 3 heterocycles. The van der Waals surface area contributed by atoms with Gasteiger partial charge in [0, 0.05) is 17.0 Å². The Kier molecular flexibility index (Phi) is 2.81. The fourth-order valence-electron chi connectivity index (χ4n) is 2.03. The van der Waals surface area contributed by atoms with E-state index in [9.17, 15) is 5.11 Å². The highest BCUT2D eigenvalue weighted by molar-refractivity contribution is 7.09. The first-order valence-corrected chi connectivity index (χ1v) is 6.61. The Labute approximate surface area is 109 Å². The van der Waals surface area contributed by atoms with E-state index in [1.165, 1.54) is 4.88 Å². The Balaban J connectivity index is 1.72. The van der Waals surface area contributed by atoms with Crippen molar-refractivity contribution in [3.8, 4) is 0 Å². The molecular formula is C12H14N4OS.